The standard InChI is InChI=1S/C16H12ClN3O2S/c17-10-1-6-13-14(9-10)23-16(19-13)22-12-4-2-11(3-5-12)20-8-7-18-15(20)21/h1-6,9H,7-8H2,(H,18,21). The second-order valence-electron chi connectivity index (χ2n) is 5.07. The number of ether oxygens (including phenoxy) is 1. The second-order valence-corrected chi connectivity index (χ2v) is 6.50. The summed E-state index contributed by atoms with van der Waals surface area (Å²) in [5.74, 6) is 0.679. The molecule has 0 atom stereocenters. The number of aromatic nitrogens is 1. The molecule has 0 unspecified atom stereocenters. The molecule has 1 aliphatic heterocycles. The minimum absolute atomic E-state index is 0.0679. The Balaban J connectivity index is 1.54. The number of carbonyl (C=O) groups excluding carboxylic acids is 1. The molecule has 0 aliphatic carbocycles. The molecular weight excluding hydrogens is 334 g/mol. The molecule has 1 aromatic heterocycles. The Labute approximate surface area is 141 Å². The first kappa shape index (κ1) is 14.3. The normalized spacial score (nSPS) is 14.3. The van der Waals surface area contributed by atoms with Gasteiger partial charge in [0.2, 0.25) is 0 Å². The molecule has 0 saturated carbocycles. The predicted octanol–water partition coefficient (Wildman–Crippen LogP) is 4.27. The number of fused-ring (bicyclic) bond motifs is 1. The van der Waals surface area contributed by atoms with Gasteiger partial charge in [-0.1, -0.05) is 22.9 Å². The van der Waals surface area contributed by atoms with Crippen LogP contribution in [0.25, 0.3) is 10.2 Å². The Kier molecular flexibility index (Phi) is 3.55. The molecule has 7 heteroatoms. The van der Waals surface area contributed by atoms with E-state index in [0.717, 1.165) is 15.9 Å². The Hall–Kier alpha value is -2.31. The summed E-state index contributed by atoms with van der Waals surface area (Å²) >= 11 is 7.42. The molecule has 1 N–H and O–H groups in total. The smallest absolute Gasteiger partial charge is 0.321 e. The number of benzene rings is 2. The maximum atomic E-state index is 11.6. The minimum atomic E-state index is -0.0679. The van der Waals surface area contributed by atoms with Gasteiger partial charge in [-0.15, -0.1) is 0 Å². The lowest BCUT2D eigenvalue weighted by Gasteiger charge is -2.14. The number of halogens is 1. The molecular formula is C16H12ClN3O2S. The molecule has 116 valence electrons. The van der Waals surface area contributed by atoms with Gasteiger partial charge in [-0.2, -0.15) is 0 Å². The number of urea groups is 1. The van der Waals surface area contributed by atoms with Gasteiger partial charge in [0, 0.05) is 23.8 Å². The van der Waals surface area contributed by atoms with Crippen LogP contribution in [-0.2, 0) is 0 Å². The van der Waals surface area contributed by atoms with Crippen molar-refractivity contribution in [1.29, 1.82) is 0 Å². The van der Waals surface area contributed by atoms with Crippen LogP contribution in [-0.4, -0.2) is 24.1 Å². The van der Waals surface area contributed by atoms with Gasteiger partial charge in [0.05, 0.1) is 10.2 Å². The molecule has 0 radical (unpaired) electrons. The van der Waals surface area contributed by atoms with Crippen molar-refractivity contribution < 1.29 is 9.53 Å². The van der Waals surface area contributed by atoms with E-state index in [0.29, 0.717) is 29.1 Å². The highest BCUT2D eigenvalue weighted by atomic mass is 35.5. The molecule has 5 nitrogen and oxygen atoms in total. The van der Waals surface area contributed by atoms with Crippen molar-refractivity contribution in [2.75, 3.05) is 18.0 Å². The van der Waals surface area contributed by atoms with Crippen molar-refractivity contribution in [3.63, 3.8) is 0 Å². The van der Waals surface area contributed by atoms with E-state index >= 15 is 0 Å². The van der Waals surface area contributed by atoms with Crippen LogP contribution in [0.5, 0.6) is 10.9 Å². The van der Waals surface area contributed by atoms with Crippen molar-refractivity contribution in [2.24, 2.45) is 0 Å². The molecule has 23 heavy (non-hydrogen) atoms. The highest BCUT2D eigenvalue weighted by Crippen LogP contribution is 2.33. The fourth-order valence-electron chi connectivity index (χ4n) is 2.43. The van der Waals surface area contributed by atoms with E-state index in [1.807, 2.05) is 42.5 Å². The third kappa shape index (κ3) is 2.83. The number of nitrogens with zero attached hydrogens (tertiary/aromatic N) is 2. The Morgan fingerprint density at radius 1 is 1.22 bits per heavy atom. The SMILES string of the molecule is O=C1NCCN1c1ccc(Oc2nc3ccc(Cl)cc3s2)cc1. The largest absolute Gasteiger partial charge is 0.431 e. The van der Waals surface area contributed by atoms with Crippen LogP contribution in [0.15, 0.2) is 42.5 Å². The molecule has 0 spiro atoms. The number of nitrogens with one attached hydrogen (secondary N) is 1. The van der Waals surface area contributed by atoms with Crippen LogP contribution in [0.2, 0.25) is 5.02 Å². The zero-order chi connectivity index (χ0) is 15.8. The maximum Gasteiger partial charge on any atom is 0.321 e. The average Bonchev–Trinajstić information content (AvgIpc) is 3.13. The lowest BCUT2D eigenvalue weighted by Crippen LogP contribution is -2.27. The van der Waals surface area contributed by atoms with Gasteiger partial charge in [0.1, 0.15) is 5.75 Å². The molecule has 1 fully saturated rings. The van der Waals surface area contributed by atoms with Crippen LogP contribution in [0.4, 0.5) is 10.5 Å². The molecule has 1 saturated heterocycles. The van der Waals surface area contributed by atoms with Gasteiger partial charge in [0.25, 0.3) is 5.19 Å². The minimum Gasteiger partial charge on any atom is -0.431 e. The van der Waals surface area contributed by atoms with E-state index < -0.39 is 0 Å². The summed E-state index contributed by atoms with van der Waals surface area (Å²) in [5.41, 5.74) is 1.71. The first-order valence-electron chi connectivity index (χ1n) is 7.08. The summed E-state index contributed by atoms with van der Waals surface area (Å²) < 4.78 is 6.78. The Morgan fingerprint density at radius 2 is 2.04 bits per heavy atom. The van der Waals surface area contributed by atoms with Crippen LogP contribution < -0.4 is 15.0 Å². The molecule has 2 aromatic carbocycles. The van der Waals surface area contributed by atoms with Gasteiger partial charge < -0.3 is 10.1 Å². The number of hydrogen-bond acceptors (Lipinski definition) is 4. The van der Waals surface area contributed by atoms with E-state index in [9.17, 15) is 4.79 Å². The molecule has 3 aromatic rings. The lowest BCUT2D eigenvalue weighted by molar-refractivity contribution is 0.252. The van der Waals surface area contributed by atoms with Gasteiger partial charge in [0.15, 0.2) is 0 Å². The monoisotopic (exact) mass is 345 g/mol. The molecule has 0 bridgehead atoms. The summed E-state index contributed by atoms with van der Waals surface area (Å²) in [7, 11) is 0. The van der Waals surface area contributed by atoms with Crippen LogP contribution in [0, 0.1) is 0 Å². The summed E-state index contributed by atoms with van der Waals surface area (Å²) in [6.07, 6.45) is 0. The lowest BCUT2D eigenvalue weighted by atomic mass is 10.3. The van der Waals surface area contributed by atoms with Gasteiger partial charge in [-0.3, -0.25) is 4.90 Å². The third-order valence-corrected chi connectivity index (χ3v) is 4.67. The molecule has 1 aliphatic rings. The van der Waals surface area contributed by atoms with E-state index in [-0.39, 0.29) is 6.03 Å². The molecule has 2 heterocycles. The number of amides is 2. The van der Waals surface area contributed by atoms with Crippen molar-refractivity contribution in [3.05, 3.63) is 47.5 Å². The average molecular weight is 346 g/mol. The number of hydrogen-bond donors (Lipinski definition) is 1. The predicted molar refractivity (Wildman–Crippen MR) is 91.9 cm³/mol. The zero-order valence-electron chi connectivity index (χ0n) is 12.0. The Morgan fingerprint density at radius 3 is 2.78 bits per heavy atom. The second kappa shape index (κ2) is 5.72. The number of anilines is 1. The first-order chi connectivity index (χ1) is 11.2. The molecule has 2 amide bonds. The zero-order valence-corrected chi connectivity index (χ0v) is 13.5. The maximum absolute atomic E-state index is 11.6. The van der Waals surface area contributed by atoms with E-state index in [1.54, 1.807) is 4.90 Å². The van der Waals surface area contributed by atoms with Crippen molar-refractivity contribution in [1.82, 2.24) is 10.3 Å². The van der Waals surface area contributed by atoms with Crippen molar-refractivity contribution in [2.45, 2.75) is 0 Å². The summed E-state index contributed by atoms with van der Waals surface area (Å²) in [5, 5.41) is 4.02. The highest BCUT2D eigenvalue weighted by Gasteiger charge is 2.20. The fourth-order valence-corrected chi connectivity index (χ4v) is 3.54. The van der Waals surface area contributed by atoms with Gasteiger partial charge >= 0.3 is 6.03 Å². The first-order valence-corrected chi connectivity index (χ1v) is 8.28. The fraction of sp³-hybridized carbons (Fsp3) is 0.125. The summed E-state index contributed by atoms with van der Waals surface area (Å²) in [6, 6.07) is 12.9. The van der Waals surface area contributed by atoms with Gasteiger partial charge in [-0.25, -0.2) is 9.78 Å². The van der Waals surface area contributed by atoms with Crippen LogP contribution >= 0.6 is 22.9 Å². The van der Waals surface area contributed by atoms with Crippen molar-refractivity contribution >= 4 is 44.9 Å². The third-order valence-electron chi connectivity index (χ3n) is 3.54. The summed E-state index contributed by atoms with van der Waals surface area (Å²) in [6.45, 7) is 1.35. The van der Waals surface area contributed by atoms with E-state index in [4.69, 9.17) is 16.3 Å². The van der Waals surface area contributed by atoms with Crippen LogP contribution in [0.1, 0.15) is 0 Å². The molecule has 4 rings (SSSR count). The van der Waals surface area contributed by atoms with Crippen LogP contribution in [0.3, 0.4) is 0 Å². The Bertz CT molecular complexity index is 879. The highest BCUT2D eigenvalue weighted by molar-refractivity contribution is 7.20. The summed E-state index contributed by atoms with van der Waals surface area (Å²) in [4.78, 5) is 17.8. The number of thiazole rings is 1. The van der Waals surface area contributed by atoms with Crippen molar-refractivity contribution in [3.8, 4) is 10.9 Å². The van der Waals surface area contributed by atoms with E-state index in [2.05, 4.69) is 10.3 Å². The quantitative estimate of drug-likeness (QED) is 0.771. The number of carbonyl (C=O) groups is 1. The topological polar surface area (TPSA) is 54.5 Å². The van der Waals surface area contributed by atoms with E-state index in [1.165, 1.54) is 11.3 Å². The van der Waals surface area contributed by atoms with Gasteiger partial charge in [-0.05, 0) is 42.5 Å². The number of rotatable bonds is 3.